The first kappa shape index (κ1) is 12.9. The Hall–Kier alpha value is -0.0962. The summed E-state index contributed by atoms with van der Waals surface area (Å²) in [6.07, 6.45) is 1.45. The molecule has 0 aromatic carbocycles. The van der Waals surface area contributed by atoms with Gasteiger partial charge in [-0.15, -0.1) is 0 Å². The molecule has 0 spiro atoms. The van der Waals surface area contributed by atoms with Crippen molar-refractivity contribution in [3.8, 4) is 0 Å². The van der Waals surface area contributed by atoms with Gasteiger partial charge in [-0.2, -0.15) is 0 Å². The highest BCUT2D eigenvalue weighted by Crippen LogP contribution is 2.20. The summed E-state index contributed by atoms with van der Waals surface area (Å²) in [7, 11) is -3.00. The summed E-state index contributed by atoms with van der Waals surface area (Å²) in [5.74, 6) is 0.00147. The fraction of sp³-hybridized carbons (Fsp3) is 0.889. The fourth-order valence-corrected chi connectivity index (χ4v) is 2.93. The average molecular weight is 218 g/mol. The second-order valence-corrected chi connectivity index (χ2v) is 20.8. The van der Waals surface area contributed by atoms with Crippen molar-refractivity contribution in [1.29, 1.82) is 0 Å². The Labute approximate surface area is 83.6 Å². The van der Waals surface area contributed by atoms with Crippen molar-refractivity contribution in [2.24, 2.45) is 0 Å². The largest absolute Gasteiger partial charge is 0.522 e. The lowest BCUT2D eigenvalue weighted by Gasteiger charge is -2.33. The third-order valence-corrected chi connectivity index (χ3v) is 18.1. The molecule has 0 saturated carbocycles. The van der Waals surface area contributed by atoms with Gasteiger partial charge in [0.2, 0.25) is 7.83 Å². The average Bonchev–Trinajstić information content (AvgIpc) is 1.83. The van der Waals surface area contributed by atoms with Crippen molar-refractivity contribution in [2.75, 3.05) is 0 Å². The zero-order valence-electron chi connectivity index (χ0n) is 9.73. The molecule has 0 aliphatic carbocycles. The molecule has 2 nitrogen and oxygen atoms in total. The molecule has 0 atom stereocenters. The highest BCUT2D eigenvalue weighted by atomic mass is 29.3. The van der Waals surface area contributed by atoms with Crippen LogP contribution in [0.3, 0.4) is 0 Å². The smallest absolute Gasteiger partial charge is 0.292 e. The summed E-state index contributed by atoms with van der Waals surface area (Å²) >= 11 is 0. The molecular formula is C9H22O2Si2. The predicted molar refractivity (Wildman–Crippen MR) is 61.8 cm³/mol. The van der Waals surface area contributed by atoms with Crippen LogP contribution in [-0.4, -0.2) is 21.4 Å². The van der Waals surface area contributed by atoms with Crippen LogP contribution in [0.4, 0.5) is 0 Å². The summed E-state index contributed by atoms with van der Waals surface area (Å²) < 4.78 is 5.60. The lowest BCUT2D eigenvalue weighted by Crippen LogP contribution is -2.55. The molecule has 0 unspecified atom stereocenters. The van der Waals surface area contributed by atoms with Crippen molar-refractivity contribution in [1.82, 2.24) is 0 Å². The van der Waals surface area contributed by atoms with E-state index < -0.39 is 15.4 Å². The van der Waals surface area contributed by atoms with Crippen LogP contribution in [0.15, 0.2) is 0 Å². The molecular weight excluding hydrogens is 196 g/mol. The van der Waals surface area contributed by atoms with Crippen LogP contribution < -0.4 is 0 Å². The highest BCUT2D eigenvalue weighted by Gasteiger charge is 2.41. The van der Waals surface area contributed by atoms with E-state index in [4.69, 9.17) is 4.43 Å². The van der Waals surface area contributed by atoms with Gasteiger partial charge in [-0.25, -0.2) is 0 Å². The van der Waals surface area contributed by atoms with E-state index in [0.717, 1.165) is 6.42 Å². The van der Waals surface area contributed by atoms with Crippen LogP contribution >= 0.6 is 0 Å². The maximum atomic E-state index is 11.3. The third kappa shape index (κ3) is 4.09. The van der Waals surface area contributed by atoms with Gasteiger partial charge in [0.25, 0.3) is 5.97 Å². The lowest BCUT2D eigenvalue weighted by atomic mass is 10.4. The first-order valence-corrected chi connectivity index (χ1v) is 12.3. The number of carbonyl (C=O) groups excluding carboxylic acids is 1. The van der Waals surface area contributed by atoms with E-state index in [9.17, 15) is 4.79 Å². The molecule has 13 heavy (non-hydrogen) atoms. The van der Waals surface area contributed by atoms with E-state index >= 15 is 0 Å². The van der Waals surface area contributed by atoms with Gasteiger partial charge in [0.15, 0.2) is 0 Å². The van der Waals surface area contributed by atoms with E-state index in [1.165, 1.54) is 0 Å². The van der Waals surface area contributed by atoms with Gasteiger partial charge in [-0.3, -0.25) is 4.79 Å². The molecule has 0 heterocycles. The van der Waals surface area contributed by atoms with Crippen LogP contribution in [0, 0.1) is 0 Å². The first-order chi connectivity index (χ1) is 5.70. The third-order valence-electron chi connectivity index (χ3n) is 2.63. The summed E-state index contributed by atoms with van der Waals surface area (Å²) in [4.78, 5) is 11.3. The number of hydrogen-bond acceptors (Lipinski definition) is 2. The highest BCUT2D eigenvalue weighted by molar-refractivity contribution is 7.38. The van der Waals surface area contributed by atoms with Gasteiger partial charge in [-0.1, -0.05) is 26.6 Å². The topological polar surface area (TPSA) is 26.3 Å². The van der Waals surface area contributed by atoms with E-state index in [-0.39, 0.29) is 5.97 Å². The summed E-state index contributed by atoms with van der Waals surface area (Å²) in [5.41, 5.74) is 0. The van der Waals surface area contributed by atoms with Crippen LogP contribution in [0.25, 0.3) is 0 Å². The van der Waals surface area contributed by atoms with Gasteiger partial charge < -0.3 is 4.43 Å². The quantitative estimate of drug-likeness (QED) is 0.678. The minimum Gasteiger partial charge on any atom is -0.522 e. The molecule has 0 amide bonds. The first-order valence-electron chi connectivity index (χ1n) is 4.92. The molecule has 0 aromatic heterocycles. The molecule has 4 heteroatoms. The minimum atomic E-state index is -1.72. The van der Waals surface area contributed by atoms with Crippen molar-refractivity contribution in [2.45, 2.75) is 52.5 Å². The fourth-order valence-electron chi connectivity index (χ4n) is 0.693. The van der Waals surface area contributed by atoms with Crippen molar-refractivity contribution in [3.05, 3.63) is 0 Å². The summed E-state index contributed by atoms with van der Waals surface area (Å²) in [5, 5.41) is 0. The maximum absolute atomic E-state index is 11.3. The SMILES string of the molecule is CCCC(=O)O[Si](C)(C)[Si](C)(C)C. The second-order valence-electron chi connectivity index (χ2n) is 4.98. The van der Waals surface area contributed by atoms with Gasteiger partial charge in [0, 0.05) is 6.42 Å². The van der Waals surface area contributed by atoms with Crippen LogP contribution in [0.2, 0.25) is 32.7 Å². The van der Waals surface area contributed by atoms with Gasteiger partial charge in [0.1, 0.15) is 0 Å². The van der Waals surface area contributed by atoms with E-state index in [0.29, 0.717) is 6.42 Å². The van der Waals surface area contributed by atoms with Crippen LogP contribution in [0.5, 0.6) is 0 Å². The van der Waals surface area contributed by atoms with Crippen molar-refractivity contribution >= 4 is 21.4 Å². The Morgan fingerprint density at radius 1 is 1.15 bits per heavy atom. The molecule has 0 aliphatic heterocycles. The molecule has 0 rings (SSSR count). The van der Waals surface area contributed by atoms with E-state index in [1.54, 1.807) is 0 Å². The standard InChI is InChI=1S/C9H22O2Si2/c1-7-8-9(10)11-13(5,6)12(2,3)4/h7-8H2,1-6H3. The molecule has 0 fully saturated rings. The van der Waals surface area contributed by atoms with Crippen LogP contribution in [-0.2, 0) is 9.22 Å². The van der Waals surface area contributed by atoms with Crippen LogP contribution in [0.1, 0.15) is 19.8 Å². The molecule has 0 radical (unpaired) electrons. The molecule has 78 valence electrons. The van der Waals surface area contributed by atoms with Crippen molar-refractivity contribution < 1.29 is 9.22 Å². The summed E-state index contributed by atoms with van der Waals surface area (Å²) in [6, 6.07) is 0. The van der Waals surface area contributed by atoms with Gasteiger partial charge >= 0.3 is 0 Å². The summed E-state index contributed by atoms with van der Waals surface area (Å²) in [6.45, 7) is 13.2. The van der Waals surface area contributed by atoms with Crippen molar-refractivity contribution in [3.63, 3.8) is 0 Å². The molecule has 0 N–H and O–H groups in total. The van der Waals surface area contributed by atoms with E-state index in [2.05, 4.69) is 32.7 Å². The molecule has 0 bridgehead atoms. The van der Waals surface area contributed by atoms with Gasteiger partial charge in [0.05, 0.1) is 7.59 Å². The predicted octanol–water partition coefficient (Wildman–Crippen LogP) is 2.95. The maximum Gasteiger partial charge on any atom is 0.292 e. The molecule has 0 aliphatic rings. The van der Waals surface area contributed by atoms with E-state index in [1.807, 2.05) is 6.92 Å². The zero-order chi connectivity index (χ0) is 10.7. The Balaban J connectivity index is 4.26. The Morgan fingerprint density at radius 3 is 1.92 bits per heavy atom. The minimum absolute atomic E-state index is 0.00147. The number of carbonyl (C=O) groups is 1. The molecule has 0 saturated heterocycles. The normalized spacial score (nSPS) is 12.8. The number of hydrogen-bond donors (Lipinski definition) is 0. The lowest BCUT2D eigenvalue weighted by molar-refractivity contribution is -0.134. The zero-order valence-corrected chi connectivity index (χ0v) is 11.7. The Bertz CT molecular complexity index is 183. The second kappa shape index (κ2) is 4.42. The molecule has 0 aromatic rings. The number of rotatable bonds is 4. The van der Waals surface area contributed by atoms with Gasteiger partial charge in [-0.05, 0) is 19.5 Å². The monoisotopic (exact) mass is 218 g/mol. The Kier molecular flexibility index (Phi) is 4.38. The Morgan fingerprint density at radius 2 is 1.62 bits per heavy atom.